The average Bonchev–Trinajstić information content (AvgIpc) is 2.78. The third-order valence-corrected chi connectivity index (χ3v) is 4.44. The maximum absolute atomic E-state index is 4.47. The van der Waals surface area contributed by atoms with Gasteiger partial charge in [-0.05, 0) is 38.1 Å². The van der Waals surface area contributed by atoms with Gasteiger partial charge in [0.05, 0.1) is 0 Å². The van der Waals surface area contributed by atoms with Crippen molar-refractivity contribution >= 4 is 0 Å². The number of rotatable bonds is 1. The van der Waals surface area contributed by atoms with Gasteiger partial charge in [0.25, 0.3) is 0 Å². The summed E-state index contributed by atoms with van der Waals surface area (Å²) in [5.74, 6) is 0.913. The molecule has 3 rings (SSSR count). The first-order valence-electron chi connectivity index (χ1n) is 6.55. The molecule has 2 unspecified atom stereocenters. The highest BCUT2D eigenvalue weighted by atomic mass is 15.3. The van der Waals surface area contributed by atoms with Crippen molar-refractivity contribution in [1.29, 1.82) is 0 Å². The molecule has 3 fully saturated rings. The molecule has 3 aliphatic heterocycles. The molecule has 0 aliphatic carbocycles. The van der Waals surface area contributed by atoms with Crippen molar-refractivity contribution < 1.29 is 0 Å². The molecule has 0 aromatic rings. The number of piperidine rings is 1. The number of piperazine rings is 1. The van der Waals surface area contributed by atoms with Crippen LogP contribution in [-0.2, 0) is 0 Å². The van der Waals surface area contributed by atoms with Gasteiger partial charge in [0.2, 0.25) is 0 Å². The van der Waals surface area contributed by atoms with Crippen molar-refractivity contribution in [3.63, 3.8) is 0 Å². The lowest BCUT2D eigenvalue weighted by molar-refractivity contribution is 0.0787. The first kappa shape index (κ1) is 10.1. The molecule has 2 atom stereocenters. The smallest absolute Gasteiger partial charge is 0.0253 e. The molecule has 0 saturated carbocycles. The van der Waals surface area contributed by atoms with Gasteiger partial charge in [-0.3, -0.25) is 4.90 Å². The molecule has 3 nitrogen and oxygen atoms in total. The van der Waals surface area contributed by atoms with Gasteiger partial charge < -0.3 is 5.32 Å². The molecule has 15 heavy (non-hydrogen) atoms. The summed E-state index contributed by atoms with van der Waals surface area (Å²) in [6.07, 6.45) is 5.49. The van der Waals surface area contributed by atoms with Gasteiger partial charge in [-0.25, -0.2) is 5.32 Å². The molecule has 3 heterocycles. The van der Waals surface area contributed by atoms with Crippen LogP contribution in [0.5, 0.6) is 0 Å². The van der Waals surface area contributed by atoms with Crippen molar-refractivity contribution in [2.75, 3.05) is 32.7 Å². The van der Waals surface area contributed by atoms with E-state index in [1.54, 1.807) is 0 Å². The zero-order valence-corrected chi connectivity index (χ0v) is 9.49. The fourth-order valence-corrected chi connectivity index (χ4v) is 3.62. The molecule has 3 heteroatoms. The Morgan fingerprint density at radius 3 is 2.80 bits per heavy atom. The second-order valence-electron chi connectivity index (χ2n) is 5.27. The Bertz CT molecular complexity index is 213. The molecule has 1 radical (unpaired) electrons. The molecule has 3 saturated heterocycles. The molecule has 0 aromatic carbocycles. The highest BCUT2D eigenvalue weighted by Gasteiger charge is 2.37. The molecular weight excluding hydrogens is 186 g/mol. The van der Waals surface area contributed by atoms with Gasteiger partial charge in [-0.2, -0.15) is 0 Å². The lowest BCUT2D eigenvalue weighted by Crippen LogP contribution is -2.58. The fraction of sp³-hybridized carbons (Fsp3) is 1.00. The minimum atomic E-state index is 0.821. The summed E-state index contributed by atoms with van der Waals surface area (Å²) < 4.78 is 0. The Kier molecular flexibility index (Phi) is 2.95. The minimum absolute atomic E-state index is 0.821. The summed E-state index contributed by atoms with van der Waals surface area (Å²) in [4.78, 5) is 2.80. The van der Waals surface area contributed by atoms with E-state index in [1.165, 1.54) is 45.3 Å². The van der Waals surface area contributed by atoms with Crippen LogP contribution in [0.25, 0.3) is 0 Å². The van der Waals surface area contributed by atoms with Crippen molar-refractivity contribution in [1.82, 2.24) is 15.5 Å². The van der Waals surface area contributed by atoms with Crippen LogP contribution in [0.1, 0.15) is 25.7 Å². The van der Waals surface area contributed by atoms with Gasteiger partial charge >= 0.3 is 0 Å². The number of hydrogen-bond acceptors (Lipinski definition) is 2. The van der Waals surface area contributed by atoms with Gasteiger partial charge in [0.1, 0.15) is 0 Å². The van der Waals surface area contributed by atoms with E-state index in [9.17, 15) is 0 Å². The molecule has 1 N–H and O–H groups in total. The lowest BCUT2D eigenvalue weighted by Gasteiger charge is -2.43. The van der Waals surface area contributed by atoms with Gasteiger partial charge in [0, 0.05) is 38.3 Å². The summed E-state index contributed by atoms with van der Waals surface area (Å²) in [6, 6.07) is 1.67. The molecule has 85 valence electrons. The normalized spacial score (nSPS) is 39.2. The Balaban J connectivity index is 1.67. The van der Waals surface area contributed by atoms with Crippen LogP contribution >= 0.6 is 0 Å². The third-order valence-electron chi connectivity index (χ3n) is 4.44. The van der Waals surface area contributed by atoms with E-state index in [2.05, 4.69) is 15.5 Å². The van der Waals surface area contributed by atoms with Crippen LogP contribution in [0.4, 0.5) is 0 Å². The second kappa shape index (κ2) is 4.40. The zero-order valence-electron chi connectivity index (χ0n) is 9.49. The summed E-state index contributed by atoms with van der Waals surface area (Å²) in [5.41, 5.74) is 0. The van der Waals surface area contributed by atoms with Crippen LogP contribution < -0.4 is 10.6 Å². The Morgan fingerprint density at radius 1 is 1.07 bits per heavy atom. The molecule has 0 aromatic heterocycles. The van der Waals surface area contributed by atoms with Crippen LogP contribution in [0.15, 0.2) is 0 Å². The molecule has 0 bridgehead atoms. The summed E-state index contributed by atoms with van der Waals surface area (Å²) in [7, 11) is 0. The standard InChI is InChI=1S/C12H22N3/c1-2-11-8-14-9-12(15(11)7-1)10-3-5-13-6-4-10/h10-12,14H,1-9H2. The predicted octanol–water partition coefficient (Wildman–Crippen LogP) is 0.437. The fourth-order valence-electron chi connectivity index (χ4n) is 3.62. The van der Waals surface area contributed by atoms with E-state index in [1.807, 2.05) is 0 Å². The quantitative estimate of drug-likeness (QED) is 0.677. The summed E-state index contributed by atoms with van der Waals surface area (Å²) >= 11 is 0. The van der Waals surface area contributed by atoms with E-state index in [0.29, 0.717) is 0 Å². The minimum Gasteiger partial charge on any atom is -0.314 e. The monoisotopic (exact) mass is 208 g/mol. The largest absolute Gasteiger partial charge is 0.314 e. The second-order valence-corrected chi connectivity index (χ2v) is 5.27. The van der Waals surface area contributed by atoms with Gasteiger partial charge in [-0.1, -0.05) is 0 Å². The number of nitrogens with one attached hydrogen (secondary N) is 1. The molecular formula is C12H22N3. The van der Waals surface area contributed by atoms with Crippen molar-refractivity contribution in [3.05, 3.63) is 0 Å². The van der Waals surface area contributed by atoms with E-state index >= 15 is 0 Å². The van der Waals surface area contributed by atoms with Crippen LogP contribution in [0, 0.1) is 5.92 Å². The van der Waals surface area contributed by atoms with Crippen LogP contribution in [0.3, 0.4) is 0 Å². The van der Waals surface area contributed by atoms with Crippen LogP contribution in [0.2, 0.25) is 0 Å². The Morgan fingerprint density at radius 2 is 1.93 bits per heavy atom. The third kappa shape index (κ3) is 1.93. The number of fused-ring (bicyclic) bond motifs is 1. The highest BCUT2D eigenvalue weighted by Crippen LogP contribution is 2.29. The SMILES string of the molecule is C1CC2CNCC(C3CC[N]CC3)N2C1. The molecule has 3 aliphatic rings. The Labute approximate surface area is 92.6 Å². The summed E-state index contributed by atoms with van der Waals surface area (Å²) in [6.45, 7) is 6.03. The number of nitrogens with zero attached hydrogens (tertiary/aromatic N) is 2. The van der Waals surface area contributed by atoms with E-state index in [-0.39, 0.29) is 0 Å². The first-order valence-corrected chi connectivity index (χ1v) is 6.55. The summed E-state index contributed by atoms with van der Waals surface area (Å²) in [5, 5.41) is 8.10. The number of hydrogen-bond donors (Lipinski definition) is 1. The van der Waals surface area contributed by atoms with E-state index < -0.39 is 0 Å². The van der Waals surface area contributed by atoms with Gasteiger partial charge in [-0.15, -0.1) is 0 Å². The first-order chi connectivity index (χ1) is 7.45. The van der Waals surface area contributed by atoms with E-state index in [0.717, 1.165) is 31.1 Å². The van der Waals surface area contributed by atoms with Gasteiger partial charge in [0.15, 0.2) is 0 Å². The average molecular weight is 208 g/mol. The van der Waals surface area contributed by atoms with E-state index in [4.69, 9.17) is 0 Å². The zero-order chi connectivity index (χ0) is 10.1. The highest BCUT2D eigenvalue weighted by molar-refractivity contribution is 4.95. The molecule has 0 amide bonds. The maximum Gasteiger partial charge on any atom is 0.0253 e. The van der Waals surface area contributed by atoms with Crippen molar-refractivity contribution in [2.45, 2.75) is 37.8 Å². The topological polar surface area (TPSA) is 29.4 Å². The van der Waals surface area contributed by atoms with Crippen molar-refractivity contribution in [2.24, 2.45) is 5.92 Å². The van der Waals surface area contributed by atoms with Crippen molar-refractivity contribution in [3.8, 4) is 0 Å². The molecule has 0 spiro atoms. The lowest BCUT2D eigenvalue weighted by atomic mass is 9.87. The Hall–Kier alpha value is -0.120. The maximum atomic E-state index is 4.47. The predicted molar refractivity (Wildman–Crippen MR) is 61.0 cm³/mol. The van der Waals surface area contributed by atoms with Crippen LogP contribution in [-0.4, -0.2) is 49.7 Å².